The summed E-state index contributed by atoms with van der Waals surface area (Å²) in [5.41, 5.74) is 2.27. The van der Waals surface area contributed by atoms with Gasteiger partial charge in [0.05, 0.1) is 32.6 Å². The number of rotatable bonds is 9. The van der Waals surface area contributed by atoms with Crippen molar-refractivity contribution in [2.75, 3.05) is 19.3 Å². The monoisotopic (exact) mass is 436 g/mol. The summed E-state index contributed by atoms with van der Waals surface area (Å²) in [7, 11) is 2.66. The highest BCUT2D eigenvalue weighted by atomic mass is 16.7. The number of carbonyl (C=O) groups is 2. The molecule has 0 saturated carbocycles. The van der Waals surface area contributed by atoms with Crippen molar-refractivity contribution in [3.8, 4) is 11.1 Å². The fourth-order valence-electron chi connectivity index (χ4n) is 3.05. The molecule has 3 aromatic rings. The first kappa shape index (κ1) is 22.8. The highest BCUT2D eigenvalue weighted by molar-refractivity contribution is 6.42. The van der Waals surface area contributed by atoms with Gasteiger partial charge < -0.3 is 14.0 Å². The SMILES string of the molecule is COC(=O)C(=NOC(C)CC(=O)N(OC)c1ccccc1-c1ccccc1)c1ccco1. The molecule has 0 fully saturated rings. The van der Waals surface area contributed by atoms with Crippen LogP contribution >= 0.6 is 0 Å². The van der Waals surface area contributed by atoms with Gasteiger partial charge in [-0.25, -0.2) is 4.79 Å². The summed E-state index contributed by atoms with van der Waals surface area (Å²) in [6.45, 7) is 1.66. The van der Waals surface area contributed by atoms with E-state index in [2.05, 4.69) is 5.16 Å². The maximum absolute atomic E-state index is 13.0. The van der Waals surface area contributed by atoms with E-state index >= 15 is 0 Å². The lowest BCUT2D eigenvalue weighted by molar-refractivity contribution is -0.132. The van der Waals surface area contributed by atoms with Crippen LogP contribution in [0.1, 0.15) is 19.1 Å². The van der Waals surface area contributed by atoms with Crippen molar-refractivity contribution in [1.82, 2.24) is 0 Å². The third-order valence-corrected chi connectivity index (χ3v) is 4.54. The third-order valence-electron chi connectivity index (χ3n) is 4.54. The molecule has 8 nitrogen and oxygen atoms in total. The van der Waals surface area contributed by atoms with Gasteiger partial charge in [-0.1, -0.05) is 53.7 Å². The van der Waals surface area contributed by atoms with Crippen molar-refractivity contribution in [3.63, 3.8) is 0 Å². The number of methoxy groups -OCH3 is 1. The average Bonchev–Trinajstić information content (AvgIpc) is 3.35. The van der Waals surface area contributed by atoms with Gasteiger partial charge in [-0.05, 0) is 30.7 Å². The first-order valence-electron chi connectivity index (χ1n) is 9.92. The summed E-state index contributed by atoms with van der Waals surface area (Å²) >= 11 is 0. The van der Waals surface area contributed by atoms with E-state index in [9.17, 15) is 9.59 Å². The van der Waals surface area contributed by atoms with E-state index in [-0.39, 0.29) is 23.8 Å². The molecule has 166 valence electrons. The second-order valence-corrected chi connectivity index (χ2v) is 6.78. The Morgan fingerprint density at radius 1 is 1.00 bits per heavy atom. The Balaban J connectivity index is 1.75. The lowest BCUT2D eigenvalue weighted by Gasteiger charge is -2.23. The first-order chi connectivity index (χ1) is 15.5. The second kappa shape index (κ2) is 10.9. The van der Waals surface area contributed by atoms with Crippen molar-refractivity contribution in [2.45, 2.75) is 19.4 Å². The number of nitrogens with zero attached hydrogens (tertiary/aromatic N) is 2. The molecule has 1 aromatic heterocycles. The van der Waals surface area contributed by atoms with Crippen LogP contribution in [0.25, 0.3) is 11.1 Å². The van der Waals surface area contributed by atoms with Crippen LogP contribution < -0.4 is 5.06 Å². The molecule has 1 heterocycles. The number of benzene rings is 2. The molecule has 0 aliphatic carbocycles. The zero-order valence-corrected chi connectivity index (χ0v) is 18.1. The Morgan fingerprint density at radius 2 is 1.72 bits per heavy atom. The number of oxime groups is 1. The molecule has 0 N–H and O–H groups in total. The molecule has 0 bridgehead atoms. The molecule has 1 atom stereocenters. The van der Waals surface area contributed by atoms with E-state index < -0.39 is 12.1 Å². The number of hydrogen-bond donors (Lipinski definition) is 0. The zero-order valence-electron chi connectivity index (χ0n) is 18.1. The fourth-order valence-corrected chi connectivity index (χ4v) is 3.05. The van der Waals surface area contributed by atoms with Gasteiger partial charge in [0.2, 0.25) is 5.71 Å². The smallest absolute Gasteiger partial charge is 0.364 e. The van der Waals surface area contributed by atoms with Gasteiger partial charge in [0.25, 0.3) is 5.91 Å². The number of ether oxygens (including phenoxy) is 1. The van der Waals surface area contributed by atoms with Crippen LogP contribution in [-0.2, 0) is 24.0 Å². The number of carbonyl (C=O) groups excluding carboxylic acids is 2. The second-order valence-electron chi connectivity index (χ2n) is 6.78. The molecule has 1 amide bonds. The predicted octanol–water partition coefficient (Wildman–Crippen LogP) is 4.21. The van der Waals surface area contributed by atoms with Crippen molar-refractivity contribution in [1.29, 1.82) is 0 Å². The molecule has 3 rings (SSSR count). The summed E-state index contributed by atoms with van der Waals surface area (Å²) in [5.74, 6) is -0.851. The maximum Gasteiger partial charge on any atom is 0.364 e. The minimum atomic E-state index is -0.714. The summed E-state index contributed by atoms with van der Waals surface area (Å²) in [6, 6.07) is 20.3. The van der Waals surface area contributed by atoms with E-state index in [1.165, 1.54) is 25.5 Å². The summed E-state index contributed by atoms with van der Waals surface area (Å²) in [5, 5.41) is 5.07. The number of furan rings is 1. The minimum absolute atomic E-state index is 0.0485. The van der Waals surface area contributed by atoms with Crippen LogP contribution in [0.15, 0.2) is 82.6 Å². The normalized spacial score (nSPS) is 12.2. The number of amides is 1. The van der Waals surface area contributed by atoms with Crippen LogP contribution in [0.3, 0.4) is 0 Å². The molecule has 0 aliphatic heterocycles. The average molecular weight is 436 g/mol. The van der Waals surface area contributed by atoms with Gasteiger partial charge >= 0.3 is 5.97 Å². The Morgan fingerprint density at radius 3 is 2.38 bits per heavy atom. The van der Waals surface area contributed by atoms with Crippen LogP contribution in [0.4, 0.5) is 5.69 Å². The summed E-state index contributed by atoms with van der Waals surface area (Å²) in [4.78, 5) is 35.8. The molecule has 0 radical (unpaired) electrons. The fraction of sp³-hybridized carbons (Fsp3) is 0.208. The molecule has 32 heavy (non-hydrogen) atoms. The van der Waals surface area contributed by atoms with Crippen molar-refractivity contribution >= 4 is 23.3 Å². The molecular weight excluding hydrogens is 412 g/mol. The van der Waals surface area contributed by atoms with Gasteiger partial charge in [-0.15, -0.1) is 0 Å². The van der Waals surface area contributed by atoms with Crippen molar-refractivity contribution in [2.24, 2.45) is 5.16 Å². The molecule has 0 spiro atoms. The number of esters is 1. The van der Waals surface area contributed by atoms with Gasteiger partial charge in [0, 0.05) is 5.56 Å². The Labute approximate surface area is 185 Å². The number of anilines is 1. The quantitative estimate of drug-likeness (QED) is 0.283. The van der Waals surface area contributed by atoms with E-state index in [4.69, 9.17) is 18.8 Å². The van der Waals surface area contributed by atoms with Gasteiger partial charge in [-0.2, -0.15) is 5.06 Å². The van der Waals surface area contributed by atoms with Crippen LogP contribution in [0, 0.1) is 0 Å². The third kappa shape index (κ3) is 5.41. The van der Waals surface area contributed by atoms with Crippen molar-refractivity contribution in [3.05, 3.63) is 78.8 Å². The van der Waals surface area contributed by atoms with Gasteiger partial charge in [0.1, 0.15) is 6.10 Å². The summed E-state index contributed by atoms with van der Waals surface area (Å²) < 4.78 is 9.91. The molecule has 0 aliphatic rings. The molecular formula is C24H24N2O6. The van der Waals surface area contributed by atoms with Crippen LogP contribution in [0.2, 0.25) is 0 Å². The number of para-hydroxylation sites is 1. The Bertz CT molecular complexity index is 1060. The minimum Gasteiger partial charge on any atom is -0.464 e. The lowest BCUT2D eigenvalue weighted by atomic mass is 10.0. The maximum atomic E-state index is 13.0. The van der Waals surface area contributed by atoms with E-state index in [0.717, 1.165) is 11.1 Å². The Hall–Kier alpha value is -3.91. The first-order valence-corrected chi connectivity index (χ1v) is 9.92. The highest BCUT2D eigenvalue weighted by Crippen LogP contribution is 2.31. The standard InChI is InChI=1S/C24H24N2O6/c1-17(32-25-23(24(28)29-2)21-14-9-15-31-21)16-22(27)26(30-3)20-13-8-7-12-19(20)18-10-5-4-6-11-18/h4-15,17H,16H2,1-3H3. The van der Waals surface area contributed by atoms with Gasteiger partial charge in [0.15, 0.2) is 5.76 Å². The predicted molar refractivity (Wildman–Crippen MR) is 119 cm³/mol. The van der Waals surface area contributed by atoms with E-state index in [1.807, 2.05) is 48.5 Å². The number of hydrogen-bond acceptors (Lipinski definition) is 7. The topological polar surface area (TPSA) is 90.6 Å². The highest BCUT2D eigenvalue weighted by Gasteiger charge is 2.24. The van der Waals surface area contributed by atoms with Gasteiger partial charge in [-0.3, -0.25) is 9.63 Å². The summed E-state index contributed by atoms with van der Waals surface area (Å²) in [6.07, 6.45) is 0.702. The zero-order chi connectivity index (χ0) is 22.9. The van der Waals surface area contributed by atoms with Crippen LogP contribution in [-0.4, -0.2) is 37.9 Å². The molecule has 8 heteroatoms. The molecule has 2 aromatic carbocycles. The molecule has 1 unspecified atom stereocenters. The number of hydroxylamine groups is 1. The van der Waals surface area contributed by atoms with E-state index in [0.29, 0.717) is 5.69 Å². The van der Waals surface area contributed by atoms with E-state index in [1.54, 1.807) is 25.1 Å². The molecule has 0 saturated heterocycles. The van der Waals surface area contributed by atoms with Crippen molar-refractivity contribution < 1.29 is 28.4 Å². The van der Waals surface area contributed by atoms with Crippen LogP contribution in [0.5, 0.6) is 0 Å². The lowest BCUT2D eigenvalue weighted by Crippen LogP contribution is -2.32. The largest absolute Gasteiger partial charge is 0.464 e. The Kier molecular flexibility index (Phi) is 7.77.